The van der Waals surface area contributed by atoms with Gasteiger partial charge in [0.05, 0.1) is 11.4 Å². The van der Waals surface area contributed by atoms with E-state index in [2.05, 4.69) is 19.9 Å². The van der Waals surface area contributed by atoms with E-state index in [9.17, 15) is 24.0 Å². The van der Waals surface area contributed by atoms with Gasteiger partial charge in [0, 0.05) is 51.7 Å². The molecule has 1 fully saturated rings. The highest BCUT2D eigenvalue weighted by atomic mass is 35.5. The molecule has 1 saturated heterocycles. The number of halogens is 1. The van der Waals surface area contributed by atoms with E-state index in [1.165, 1.54) is 23.5 Å². The zero-order valence-electron chi connectivity index (χ0n) is 21.0. The van der Waals surface area contributed by atoms with Crippen molar-refractivity contribution in [1.29, 1.82) is 0 Å². The summed E-state index contributed by atoms with van der Waals surface area (Å²) in [5.74, 6) is -3.31. The number of anilines is 1. The number of rotatable bonds is 6. The van der Waals surface area contributed by atoms with E-state index in [-0.39, 0.29) is 5.69 Å². The lowest BCUT2D eigenvalue weighted by Crippen LogP contribution is -2.48. The Morgan fingerprint density at radius 2 is 1.77 bits per heavy atom. The zero-order chi connectivity index (χ0) is 28.7. The third kappa shape index (κ3) is 7.58. The second kappa shape index (κ2) is 12.9. The van der Waals surface area contributed by atoms with Gasteiger partial charge in [0.15, 0.2) is 5.69 Å². The van der Waals surface area contributed by atoms with Gasteiger partial charge in [0.1, 0.15) is 17.6 Å². The van der Waals surface area contributed by atoms with Crippen LogP contribution in [0.25, 0.3) is 0 Å². The second-order valence-electron chi connectivity index (χ2n) is 8.52. The van der Waals surface area contributed by atoms with E-state index in [4.69, 9.17) is 26.6 Å². The number of hydrogen-bond acceptors (Lipinski definition) is 10. The van der Waals surface area contributed by atoms with Crippen LogP contribution in [-0.4, -0.2) is 104 Å². The smallest absolute Gasteiger partial charge is 0.412 e. The van der Waals surface area contributed by atoms with Crippen LogP contribution in [-0.2, 0) is 19.1 Å². The Labute approximate surface area is 227 Å². The molecule has 0 saturated carbocycles. The summed E-state index contributed by atoms with van der Waals surface area (Å²) in [5, 5.41) is 19.1. The Morgan fingerprint density at radius 1 is 1.10 bits per heavy atom. The summed E-state index contributed by atoms with van der Waals surface area (Å²) >= 11 is 5.89. The average molecular weight is 564 g/mol. The van der Waals surface area contributed by atoms with E-state index in [0.717, 1.165) is 20.0 Å². The van der Waals surface area contributed by atoms with Crippen molar-refractivity contribution in [3.63, 3.8) is 0 Å². The number of carboxylic acids is 2. The number of piperazine rings is 1. The van der Waals surface area contributed by atoms with Gasteiger partial charge in [-0.15, -0.1) is 0 Å². The number of carbonyl (C=O) groups excluding carboxylic acids is 3. The molecule has 2 aromatic heterocycles. The first kappa shape index (κ1) is 29.2. The minimum absolute atomic E-state index is 0.144. The molecule has 0 aromatic carbocycles. The molecule has 3 N–H and O–H groups in total. The van der Waals surface area contributed by atoms with Crippen LogP contribution in [0.1, 0.15) is 35.8 Å². The van der Waals surface area contributed by atoms with Crippen molar-refractivity contribution in [2.45, 2.75) is 25.6 Å². The highest BCUT2D eigenvalue weighted by Gasteiger charge is 2.44. The number of nitrogens with one attached hydrogen (secondary N) is 1. The van der Waals surface area contributed by atoms with E-state index in [0.29, 0.717) is 29.6 Å². The first-order valence-electron chi connectivity index (χ1n) is 11.6. The summed E-state index contributed by atoms with van der Waals surface area (Å²) in [5.41, 5.74) is 0.437. The van der Waals surface area contributed by atoms with Crippen molar-refractivity contribution in [2.24, 2.45) is 0 Å². The van der Waals surface area contributed by atoms with E-state index in [1.807, 2.05) is 12.4 Å². The summed E-state index contributed by atoms with van der Waals surface area (Å²) in [7, 11) is 2.00. The topological polar surface area (TPSA) is 195 Å². The van der Waals surface area contributed by atoms with Gasteiger partial charge in [-0.05, 0) is 19.2 Å². The predicted molar refractivity (Wildman–Crippen MR) is 134 cm³/mol. The Bertz CT molecular complexity index is 1220. The highest BCUT2D eigenvalue weighted by molar-refractivity contribution is 6.30. The number of fused-ring (bicyclic) bond motifs is 1. The molecule has 4 rings (SSSR count). The van der Waals surface area contributed by atoms with Crippen LogP contribution < -0.4 is 10.2 Å². The Kier molecular flexibility index (Phi) is 9.68. The van der Waals surface area contributed by atoms with E-state index >= 15 is 0 Å². The number of carboxylic acid groups (broad SMARTS) is 2. The molecule has 0 radical (unpaired) electrons. The molecular formula is C23H26ClN7O8. The molecule has 3 amide bonds. The average Bonchev–Trinajstić information content (AvgIpc) is 3.15. The molecule has 0 spiro atoms. The van der Waals surface area contributed by atoms with E-state index in [1.54, 1.807) is 17.0 Å². The molecule has 2 atom stereocenters. The van der Waals surface area contributed by atoms with Gasteiger partial charge < -0.3 is 30.1 Å². The third-order valence-electron chi connectivity index (χ3n) is 5.60. The fourth-order valence-corrected chi connectivity index (χ4v) is 3.77. The van der Waals surface area contributed by atoms with Crippen molar-refractivity contribution in [1.82, 2.24) is 30.1 Å². The first-order chi connectivity index (χ1) is 18.5. The van der Waals surface area contributed by atoms with Crippen molar-refractivity contribution >= 4 is 47.3 Å². The first-order valence-corrected chi connectivity index (χ1v) is 12.0. The van der Waals surface area contributed by atoms with Gasteiger partial charge in [-0.1, -0.05) is 11.6 Å². The number of aromatic nitrogens is 3. The molecule has 2 aliphatic heterocycles. The lowest BCUT2D eigenvalue weighted by Gasteiger charge is -2.33. The molecular weight excluding hydrogens is 538 g/mol. The number of likely N-dealkylation sites (N-methyl/N-ethyl adjacent to an activating group) is 1. The zero-order valence-corrected chi connectivity index (χ0v) is 21.7. The number of ether oxygens (including phenoxy) is 1. The molecule has 15 nitrogen and oxygen atoms in total. The van der Waals surface area contributed by atoms with Crippen LogP contribution in [0.2, 0.25) is 5.02 Å². The monoisotopic (exact) mass is 563 g/mol. The lowest BCUT2D eigenvalue weighted by molar-refractivity contribution is -0.147. The van der Waals surface area contributed by atoms with Gasteiger partial charge in [0.25, 0.3) is 5.91 Å². The van der Waals surface area contributed by atoms with Gasteiger partial charge in [0.2, 0.25) is 12.1 Å². The summed E-state index contributed by atoms with van der Waals surface area (Å²) in [6.45, 7) is 3.76. The maximum Gasteiger partial charge on any atom is 0.412 e. The van der Waals surface area contributed by atoms with Gasteiger partial charge >= 0.3 is 18.0 Å². The maximum absolute atomic E-state index is 12.8. The molecule has 0 unspecified atom stereocenters. The largest absolute Gasteiger partial charge is 0.481 e. The lowest BCUT2D eigenvalue weighted by atomic mass is 10.2. The molecule has 2 aromatic rings. The van der Waals surface area contributed by atoms with Crippen LogP contribution in [0.3, 0.4) is 0 Å². The molecule has 0 aliphatic carbocycles. The molecule has 39 heavy (non-hydrogen) atoms. The number of amides is 3. The Hall–Kier alpha value is -4.37. The number of aliphatic carboxylic acids is 2. The Morgan fingerprint density at radius 3 is 2.33 bits per heavy atom. The van der Waals surface area contributed by atoms with Crippen LogP contribution in [0, 0.1) is 0 Å². The van der Waals surface area contributed by atoms with Crippen LogP contribution in [0.5, 0.6) is 0 Å². The number of hydrogen-bond donors (Lipinski definition) is 3. The summed E-state index contributed by atoms with van der Waals surface area (Å²) in [6.07, 6.45) is 2.17. The summed E-state index contributed by atoms with van der Waals surface area (Å²) in [4.78, 5) is 73.8. The fraction of sp³-hybridized carbons (Fsp3) is 0.391. The minimum Gasteiger partial charge on any atom is -0.481 e. The number of carbonyl (C=O) groups is 5. The molecule has 0 bridgehead atoms. The minimum atomic E-state index is -1.35. The van der Waals surface area contributed by atoms with Gasteiger partial charge in [-0.3, -0.25) is 19.4 Å². The highest BCUT2D eigenvalue weighted by Crippen LogP contribution is 2.35. The predicted octanol–water partition coefficient (Wildman–Crippen LogP) is 0.618. The van der Waals surface area contributed by atoms with E-state index < -0.39 is 48.5 Å². The molecule has 208 valence electrons. The fourth-order valence-electron chi connectivity index (χ4n) is 3.66. The van der Waals surface area contributed by atoms with Crippen LogP contribution >= 0.6 is 11.6 Å². The molecule has 4 heterocycles. The Balaban J connectivity index is 0.000000298. The van der Waals surface area contributed by atoms with Crippen LogP contribution in [0.15, 0.2) is 30.7 Å². The third-order valence-corrected chi connectivity index (χ3v) is 5.83. The number of nitrogens with zero attached hydrogens (tertiary/aromatic N) is 6. The summed E-state index contributed by atoms with van der Waals surface area (Å²) in [6, 6.07) is 1.85. The summed E-state index contributed by atoms with van der Waals surface area (Å²) < 4.78 is 5.68. The van der Waals surface area contributed by atoms with Crippen LogP contribution in [0.4, 0.5) is 10.6 Å². The van der Waals surface area contributed by atoms with Gasteiger partial charge in [-0.25, -0.2) is 24.5 Å². The van der Waals surface area contributed by atoms with Crippen molar-refractivity contribution in [3.8, 4) is 0 Å². The molecule has 2 aliphatic rings. The molecule has 16 heteroatoms. The standard InChI is InChI=1S/C17H17ClN6O3.C6H9NO5/c1-22-6-8-23(9-7-22)17(26)27-16-14-13(19-4-5-20-14)15(25)24(16)12-3-2-11(18)10-21-12;1-3(8)7-4(6(11)12)2-5(9)10/h2-5,10,16H,6-9H2,1H3;4H,2H2,1H3,(H,7,8)(H,9,10)(H,11,12)/t16-;4-/m01/s1. The maximum atomic E-state index is 12.8. The van der Waals surface area contributed by atoms with Crippen molar-refractivity contribution in [3.05, 3.63) is 47.1 Å². The van der Waals surface area contributed by atoms with Crippen molar-refractivity contribution in [2.75, 3.05) is 38.1 Å². The second-order valence-corrected chi connectivity index (χ2v) is 8.95. The van der Waals surface area contributed by atoms with Crippen molar-refractivity contribution < 1.29 is 38.9 Å². The number of pyridine rings is 1. The van der Waals surface area contributed by atoms with Gasteiger partial charge in [-0.2, -0.15) is 0 Å². The normalized spacial score (nSPS) is 17.4. The quantitative estimate of drug-likeness (QED) is 0.443. The SMILES string of the molecule is CC(=O)N[C@H](CC(=O)O)C(=O)O.CN1CCN(C(=O)O[C@H]2c3nccnc3C(=O)N2c2ccc(Cl)cn2)CC1.